The molecule has 1 aromatic carbocycles. The summed E-state index contributed by atoms with van der Waals surface area (Å²) in [5.41, 5.74) is 3.43. The molecule has 138 valence electrons. The van der Waals surface area contributed by atoms with Crippen molar-refractivity contribution in [3.8, 4) is 0 Å². The lowest BCUT2D eigenvalue weighted by Crippen LogP contribution is -2.31. The van der Waals surface area contributed by atoms with Crippen LogP contribution in [0.5, 0.6) is 0 Å². The van der Waals surface area contributed by atoms with Crippen LogP contribution in [0, 0.1) is 13.8 Å². The Hall–Kier alpha value is -2.60. The molecule has 0 spiro atoms. The van der Waals surface area contributed by atoms with Crippen LogP contribution in [0.4, 0.5) is 0 Å². The average molecular weight is 376 g/mol. The van der Waals surface area contributed by atoms with Gasteiger partial charge in [0, 0.05) is 29.4 Å². The number of carbonyl (C=O) groups is 2. The topological polar surface area (TPSA) is 73.2 Å². The Morgan fingerprint density at radius 2 is 2.04 bits per heavy atom. The molecule has 7 heteroatoms. The highest BCUT2D eigenvalue weighted by molar-refractivity contribution is 6.31. The summed E-state index contributed by atoms with van der Waals surface area (Å²) in [5.74, 6) is -0.985. The van der Waals surface area contributed by atoms with Crippen LogP contribution >= 0.6 is 11.6 Å². The first-order chi connectivity index (χ1) is 12.3. The van der Waals surface area contributed by atoms with Gasteiger partial charge in [-0.25, -0.2) is 4.79 Å². The number of carbonyl (C=O) groups excluding carboxylic acids is 2. The molecule has 1 heterocycles. The molecule has 0 saturated heterocycles. The van der Waals surface area contributed by atoms with Gasteiger partial charge < -0.3 is 10.1 Å². The lowest BCUT2D eigenvalue weighted by atomic mass is 10.1. The van der Waals surface area contributed by atoms with Crippen LogP contribution in [0.15, 0.2) is 30.3 Å². The highest BCUT2D eigenvalue weighted by Crippen LogP contribution is 2.21. The quantitative estimate of drug-likeness (QED) is 0.622. The first kappa shape index (κ1) is 19.7. The first-order valence-electron chi connectivity index (χ1n) is 8.18. The molecular formula is C19H22ClN3O3. The molecule has 1 atom stereocenters. The number of esters is 1. The van der Waals surface area contributed by atoms with Crippen LogP contribution in [-0.4, -0.2) is 28.3 Å². The molecule has 0 aliphatic carbocycles. The van der Waals surface area contributed by atoms with Gasteiger partial charge in [0.2, 0.25) is 0 Å². The lowest BCUT2D eigenvalue weighted by molar-refractivity contribution is -0.144. The highest BCUT2D eigenvalue weighted by Gasteiger charge is 2.13. The van der Waals surface area contributed by atoms with Gasteiger partial charge in [-0.3, -0.25) is 9.48 Å². The summed E-state index contributed by atoms with van der Waals surface area (Å²) in [5, 5.41) is 7.59. The van der Waals surface area contributed by atoms with Gasteiger partial charge in [-0.05, 0) is 38.5 Å². The SMILES string of the molecule is Cc1nn(C)c(C)c1/C=C/C(=O)OCC(=O)N[C@@H](C)c1ccccc1Cl. The smallest absolute Gasteiger partial charge is 0.331 e. The Morgan fingerprint density at radius 3 is 2.65 bits per heavy atom. The number of ether oxygens (including phenoxy) is 1. The van der Waals surface area contributed by atoms with Crippen molar-refractivity contribution in [1.29, 1.82) is 0 Å². The van der Waals surface area contributed by atoms with E-state index < -0.39 is 11.9 Å². The fourth-order valence-electron chi connectivity index (χ4n) is 2.55. The number of halogens is 1. The van der Waals surface area contributed by atoms with Crippen LogP contribution in [0.3, 0.4) is 0 Å². The molecule has 0 bridgehead atoms. The zero-order valence-corrected chi connectivity index (χ0v) is 16.0. The number of nitrogens with zero attached hydrogens (tertiary/aromatic N) is 2. The third kappa shape index (κ3) is 4.95. The van der Waals surface area contributed by atoms with Crippen molar-refractivity contribution in [2.45, 2.75) is 26.8 Å². The van der Waals surface area contributed by atoms with Gasteiger partial charge in [-0.15, -0.1) is 0 Å². The summed E-state index contributed by atoms with van der Waals surface area (Å²) >= 11 is 6.10. The fourth-order valence-corrected chi connectivity index (χ4v) is 2.85. The third-order valence-electron chi connectivity index (χ3n) is 4.05. The van der Waals surface area contributed by atoms with Crippen molar-refractivity contribution in [1.82, 2.24) is 15.1 Å². The van der Waals surface area contributed by atoms with E-state index in [1.54, 1.807) is 16.8 Å². The number of benzene rings is 1. The van der Waals surface area contributed by atoms with Crippen molar-refractivity contribution in [2.75, 3.05) is 6.61 Å². The van der Waals surface area contributed by atoms with Crippen molar-refractivity contribution < 1.29 is 14.3 Å². The average Bonchev–Trinajstić information content (AvgIpc) is 2.83. The van der Waals surface area contributed by atoms with E-state index in [2.05, 4.69) is 10.4 Å². The Labute approximate surface area is 157 Å². The van der Waals surface area contributed by atoms with E-state index in [1.807, 2.05) is 46.0 Å². The van der Waals surface area contributed by atoms with Crippen LogP contribution in [-0.2, 0) is 21.4 Å². The maximum absolute atomic E-state index is 12.0. The minimum Gasteiger partial charge on any atom is -0.452 e. The van der Waals surface area contributed by atoms with E-state index in [1.165, 1.54) is 6.08 Å². The zero-order valence-electron chi connectivity index (χ0n) is 15.2. The molecule has 2 rings (SSSR count). The summed E-state index contributed by atoms with van der Waals surface area (Å²) in [6.07, 6.45) is 2.94. The number of hydrogen-bond donors (Lipinski definition) is 1. The molecule has 2 aromatic rings. The van der Waals surface area contributed by atoms with Crippen molar-refractivity contribution >= 4 is 29.6 Å². The molecule has 0 aliphatic rings. The normalized spacial score (nSPS) is 12.2. The molecule has 0 saturated carbocycles. The minimum absolute atomic E-state index is 0.286. The summed E-state index contributed by atoms with van der Waals surface area (Å²) in [6.45, 7) is 5.23. The number of nitrogens with one attached hydrogen (secondary N) is 1. The number of hydrogen-bond acceptors (Lipinski definition) is 4. The van der Waals surface area contributed by atoms with Gasteiger partial charge >= 0.3 is 5.97 Å². The van der Waals surface area contributed by atoms with Gasteiger partial charge in [0.05, 0.1) is 11.7 Å². The van der Waals surface area contributed by atoms with Gasteiger partial charge in [0.25, 0.3) is 5.91 Å². The molecule has 6 nitrogen and oxygen atoms in total. The summed E-state index contributed by atoms with van der Waals surface area (Å²) in [4.78, 5) is 23.8. The van der Waals surface area contributed by atoms with E-state index in [-0.39, 0.29) is 12.6 Å². The first-order valence-corrected chi connectivity index (χ1v) is 8.56. The predicted octanol–water partition coefficient (Wildman–Crippen LogP) is 3.12. The number of rotatable bonds is 6. The van der Waals surface area contributed by atoms with Gasteiger partial charge in [-0.2, -0.15) is 5.10 Å². The van der Waals surface area contributed by atoms with E-state index >= 15 is 0 Å². The van der Waals surface area contributed by atoms with E-state index in [0.717, 1.165) is 22.5 Å². The minimum atomic E-state index is -0.590. The molecule has 0 fully saturated rings. The summed E-state index contributed by atoms with van der Waals surface area (Å²) < 4.78 is 6.72. The lowest BCUT2D eigenvalue weighted by Gasteiger charge is -2.15. The largest absolute Gasteiger partial charge is 0.452 e. The molecule has 1 N–H and O–H groups in total. The summed E-state index contributed by atoms with van der Waals surface area (Å²) in [7, 11) is 1.84. The second kappa shape index (κ2) is 8.67. The van der Waals surface area contributed by atoms with Crippen LogP contribution in [0.25, 0.3) is 6.08 Å². The molecule has 1 aromatic heterocycles. The van der Waals surface area contributed by atoms with Crippen molar-refractivity contribution in [3.05, 3.63) is 57.9 Å². The number of aryl methyl sites for hydroxylation is 2. The maximum atomic E-state index is 12.0. The highest BCUT2D eigenvalue weighted by atomic mass is 35.5. The second-order valence-electron chi connectivity index (χ2n) is 5.96. The number of aromatic nitrogens is 2. The van der Waals surface area contributed by atoms with Gasteiger partial charge in [0.1, 0.15) is 0 Å². The van der Waals surface area contributed by atoms with Crippen molar-refractivity contribution in [2.24, 2.45) is 7.05 Å². The van der Waals surface area contributed by atoms with E-state index in [4.69, 9.17) is 16.3 Å². The van der Waals surface area contributed by atoms with Crippen LogP contribution in [0.1, 0.15) is 35.5 Å². The third-order valence-corrected chi connectivity index (χ3v) is 4.39. The van der Waals surface area contributed by atoms with Gasteiger partial charge in [-0.1, -0.05) is 29.8 Å². The molecule has 0 unspecified atom stereocenters. The van der Waals surface area contributed by atoms with Gasteiger partial charge in [0.15, 0.2) is 6.61 Å². The Bertz CT molecular complexity index is 843. The standard InChI is InChI=1S/C19H22ClN3O3/c1-12(16-7-5-6-8-17(16)20)21-18(24)11-26-19(25)10-9-15-13(2)22-23(4)14(15)3/h5-10,12H,11H2,1-4H3,(H,21,24)/b10-9+/t12-/m0/s1. The zero-order chi connectivity index (χ0) is 19.3. The van der Waals surface area contributed by atoms with E-state index in [0.29, 0.717) is 5.02 Å². The second-order valence-corrected chi connectivity index (χ2v) is 6.37. The molecule has 0 radical (unpaired) electrons. The number of amides is 1. The summed E-state index contributed by atoms with van der Waals surface area (Å²) in [6, 6.07) is 6.97. The van der Waals surface area contributed by atoms with Crippen molar-refractivity contribution in [3.63, 3.8) is 0 Å². The molecule has 0 aliphatic heterocycles. The Morgan fingerprint density at radius 1 is 1.35 bits per heavy atom. The van der Waals surface area contributed by atoms with Crippen LogP contribution < -0.4 is 5.32 Å². The molecular weight excluding hydrogens is 354 g/mol. The molecule has 1 amide bonds. The fraction of sp³-hybridized carbons (Fsp3) is 0.316. The Balaban J connectivity index is 1.86. The monoisotopic (exact) mass is 375 g/mol. The predicted molar refractivity (Wildman–Crippen MR) is 101 cm³/mol. The molecule has 26 heavy (non-hydrogen) atoms. The maximum Gasteiger partial charge on any atom is 0.331 e. The van der Waals surface area contributed by atoms with E-state index in [9.17, 15) is 9.59 Å². The van der Waals surface area contributed by atoms with Crippen LogP contribution in [0.2, 0.25) is 5.02 Å². The Kier molecular flexibility index (Phi) is 6.58.